The second kappa shape index (κ2) is 3.62. The normalized spacial score (nSPS) is 19.7. The van der Waals surface area contributed by atoms with Crippen molar-refractivity contribution in [3.8, 4) is 0 Å². The number of aryl methyl sites for hydroxylation is 1. The maximum Gasteiger partial charge on any atom is 0.178 e. The predicted molar refractivity (Wildman–Crippen MR) is 59.8 cm³/mol. The van der Waals surface area contributed by atoms with Crippen LogP contribution in [0.5, 0.6) is 0 Å². The van der Waals surface area contributed by atoms with Crippen LogP contribution in [0.15, 0.2) is 6.07 Å². The van der Waals surface area contributed by atoms with Gasteiger partial charge >= 0.3 is 0 Å². The molecule has 82 valence electrons. The van der Waals surface area contributed by atoms with Crippen LogP contribution in [0, 0.1) is 13.8 Å². The molecule has 1 aromatic rings. The fraction of sp³-hybridized carbons (Fsp3) is 0.538. The smallest absolute Gasteiger partial charge is 0.178 e. The zero-order valence-corrected chi connectivity index (χ0v) is 9.54. The molecular weight excluding hydrogens is 188 g/mol. The summed E-state index contributed by atoms with van der Waals surface area (Å²) in [6, 6.07) is 1.91. The standard InChI is InChI=1S/C13H18O2/c1-7-4-5-10-8(2)6-11(13(14)15)9(3)12(7)10/h6-7,13-15H,4-5H2,1-3H3. The number of aliphatic hydroxyl groups is 2. The van der Waals surface area contributed by atoms with Crippen LogP contribution >= 0.6 is 0 Å². The van der Waals surface area contributed by atoms with E-state index < -0.39 is 6.29 Å². The highest BCUT2D eigenvalue weighted by Gasteiger charge is 2.25. The Hall–Kier alpha value is -0.860. The zero-order chi connectivity index (χ0) is 11.2. The Labute approximate surface area is 90.6 Å². The molecule has 2 rings (SSSR count). The van der Waals surface area contributed by atoms with Gasteiger partial charge in [-0.2, -0.15) is 0 Å². The molecule has 1 atom stereocenters. The largest absolute Gasteiger partial charge is 0.364 e. The molecule has 0 heterocycles. The molecule has 1 unspecified atom stereocenters. The third-order valence-corrected chi connectivity index (χ3v) is 3.61. The topological polar surface area (TPSA) is 40.5 Å². The fourth-order valence-corrected chi connectivity index (χ4v) is 2.80. The summed E-state index contributed by atoms with van der Waals surface area (Å²) in [6.07, 6.45) is 0.967. The van der Waals surface area contributed by atoms with Crippen LogP contribution < -0.4 is 0 Å². The summed E-state index contributed by atoms with van der Waals surface area (Å²) < 4.78 is 0. The summed E-state index contributed by atoms with van der Waals surface area (Å²) >= 11 is 0. The number of hydrogen-bond donors (Lipinski definition) is 2. The van der Waals surface area contributed by atoms with Gasteiger partial charge in [-0.05, 0) is 54.9 Å². The quantitative estimate of drug-likeness (QED) is 0.692. The summed E-state index contributed by atoms with van der Waals surface area (Å²) in [4.78, 5) is 0. The maximum atomic E-state index is 9.30. The lowest BCUT2D eigenvalue weighted by Gasteiger charge is -2.17. The van der Waals surface area contributed by atoms with Crippen LogP contribution in [0.1, 0.15) is 53.4 Å². The number of benzene rings is 1. The van der Waals surface area contributed by atoms with E-state index in [1.54, 1.807) is 0 Å². The molecule has 2 heteroatoms. The Balaban J connectivity index is 2.65. The van der Waals surface area contributed by atoms with Crippen LogP contribution in [-0.4, -0.2) is 10.2 Å². The third-order valence-electron chi connectivity index (χ3n) is 3.61. The SMILES string of the molecule is Cc1cc(C(O)O)c(C)c2c1CCC2C. The van der Waals surface area contributed by atoms with Gasteiger partial charge in [0, 0.05) is 5.56 Å². The minimum atomic E-state index is -1.35. The molecule has 0 aromatic heterocycles. The Kier molecular flexibility index (Phi) is 2.57. The first-order chi connectivity index (χ1) is 7.02. The minimum absolute atomic E-state index is 0.553. The van der Waals surface area contributed by atoms with Gasteiger partial charge in [-0.15, -0.1) is 0 Å². The van der Waals surface area contributed by atoms with E-state index in [9.17, 15) is 10.2 Å². The second-order valence-electron chi connectivity index (χ2n) is 4.61. The minimum Gasteiger partial charge on any atom is -0.364 e. The van der Waals surface area contributed by atoms with Gasteiger partial charge < -0.3 is 10.2 Å². The molecule has 2 N–H and O–H groups in total. The maximum absolute atomic E-state index is 9.30. The van der Waals surface area contributed by atoms with E-state index in [2.05, 4.69) is 13.8 Å². The second-order valence-corrected chi connectivity index (χ2v) is 4.61. The average Bonchev–Trinajstić information content (AvgIpc) is 2.54. The summed E-state index contributed by atoms with van der Waals surface area (Å²) in [5, 5.41) is 18.6. The van der Waals surface area contributed by atoms with E-state index in [0.717, 1.165) is 12.0 Å². The van der Waals surface area contributed by atoms with Gasteiger partial charge in [0.25, 0.3) is 0 Å². The summed E-state index contributed by atoms with van der Waals surface area (Å²) in [6.45, 7) is 6.27. The van der Waals surface area contributed by atoms with Gasteiger partial charge in [-0.25, -0.2) is 0 Å². The van der Waals surface area contributed by atoms with Gasteiger partial charge in [0.1, 0.15) is 0 Å². The van der Waals surface area contributed by atoms with Gasteiger partial charge in [0.2, 0.25) is 0 Å². The molecule has 0 spiro atoms. The first-order valence-electron chi connectivity index (χ1n) is 5.51. The van der Waals surface area contributed by atoms with E-state index >= 15 is 0 Å². The van der Waals surface area contributed by atoms with Gasteiger partial charge in [-0.1, -0.05) is 13.0 Å². The fourth-order valence-electron chi connectivity index (χ4n) is 2.80. The highest BCUT2D eigenvalue weighted by atomic mass is 16.5. The average molecular weight is 206 g/mol. The monoisotopic (exact) mass is 206 g/mol. The van der Waals surface area contributed by atoms with Crippen molar-refractivity contribution in [3.63, 3.8) is 0 Å². The molecular formula is C13H18O2. The Bertz CT molecular complexity index is 394. The van der Waals surface area contributed by atoms with Crippen molar-refractivity contribution in [1.82, 2.24) is 0 Å². The van der Waals surface area contributed by atoms with Crippen LogP contribution in [0.25, 0.3) is 0 Å². The van der Waals surface area contributed by atoms with Crippen LogP contribution in [0.2, 0.25) is 0 Å². The van der Waals surface area contributed by atoms with Crippen molar-refractivity contribution in [2.24, 2.45) is 0 Å². The molecule has 1 aliphatic carbocycles. The Morgan fingerprint density at radius 3 is 2.60 bits per heavy atom. The number of aliphatic hydroxyl groups excluding tert-OH is 1. The predicted octanol–water partition coefficient (Wildman–Crippen LogP) is 2.34. The lowest BCUT2D eigenvalue weighted by Crippen LogP contribution is -2.04. The van der Waals surface area contributed by atoms with Crippen molar-refractivity contribution >= 4 is 0 Å². The molecule has 0 saturated carbocycles. The van der Waals surface area contributed by atoms with E-state index in [-0.39, 0.29) is 0 Å². The molecule has 15 heavy (non-hydrogen) atoms. The molecule has 0 saturated heterocycles. The summed E-state index contributed by atoms with van der Waals surface area (Å²) in [5.41, 5.74) is 5.70. The lowest BCUT2D eigenvalue weighted by molar-refractivity contribution is -0.0430. The highest BCUT2D eigenvalue weighted by Crippen LogP contribution is 2.39. The third kappa shape index (κ3) is 1.58. The van der Waals surface area contributed by atoms with Crippen molar-refractivity contribution < 1.29 is 10.2 Å². The Morgan fingerprint density at radius 1 is 1.33 bits per heavy atom. The molecule has 0 amide bonds. The Morgan fingerprint density at radius 2 is 2.00 bits per heavy atom. The molecule has 1 aliphatic rings. The first-order valence-corrected chi connectivity index (χ1v) is 5.51. The molecule has 1 aromatic carbocycles. The highest BCUT2D eigenvalue weighted by molar-refractivity contribution is 5.49. The lowest BCUT2D eigenvalue weighted by atomic mass is 9.91. The molecule has 0 fully saturated rings. The van der Waals surface area contributed by atoms with Crippen LogP contribution in [0.3, 0.4) is 0 Å². The van der Waals surface area contributed by atoms with Crippen molar-refractivity contribution in [1.29, 1.82) is 0 Å². The van der Waals surface area contributed by atoms with Gasteiger partial charge in [0.15, 0.2) is 6.29 Å². The van der Waals surface area contributed by atoms with E-state index in [4.69, 9.17) is 0 Å². The van der Waals surface area contributed by atoms with Gasteiger partial charge in [0.05, 0.1) is 0 Å². The van der Waals surface area contributed by atoms with Crippen LogP contribution in [0.4, 0.5) is 0 Å². The van der Waals surface area contributed by atoms with Gasteiger partial charge in [-0.3, -0.25) is 0 Å². The number of hydrogen-bond acceptors (Lipinski definition) is 2. The van der Waals surface area contributed by atoms with Crippen molar-refractivity contribution in [2.75, 3.05) is 0 Å². The van der Waals surface area contributed by atoms with Crippen LogP contribution in [-0.2, 0) is 6.42 Å². The zero-order valence-electron chi connectivity index (χ0n) is 9.54. The van der Waals surface area contributed by atoms with E-state index in [1.165, 1.54) is 23.1 Å². The van der Waals surface area contributed by atoms with Crippen molar-refractivity contribution in [3.05, 3.63) is 33.9 Å². The molecule has 2 nitrogen and oxygen atoms in total. The van der Waals surface area contributed by atoms with E-state index in [0.29, 0.717) is 11.5 Å². The first kappa shape index (κ1) is 10.7. The van der Waals surface area contributed by atoms with E-state index in [1.807, 2.05) is 13.0 Å². The number of rotatable bonds is 1. The molecule has 0 bridgehead atoms. The summed E-state index contributed by atoms with van der Waals surface area (Å²) in [7, 11) is 0. The van der Waals surface area contributed by atoms with Crippen molar-refractivity contribution in [2.45, 2.75) is 45.8 Å². The molecule has 0 radical (unpaired) electrons. The molecule has 0 aliphatic heterocycles. The number of fused-ring (bicyclic) bond motifs is 1. The summed E-state index contributed by atoms with van der Waals surface area (Å²) in [5.74, 6) is 0.553.